The Labute approximate surface area is 245 Å². The number of carbonyl (C=O) groups is 3. The SMILES string of the molecule is Cc1ccc(C)c(C(C(=O)Nc2c(C)cccc2Cl)N(C(=O)C(C)NC(=O)OC(C)(C)C)C(C)CCC(C)C)c1. The molecule has 0 aliphatic carbocycles. The summed E-state index contributed by atoms with van der Waals surface area (Å²) in [4.78, 5) is 42.6. The zero-order valence-corrected chi connectivity index (χ0v) is 26.4. The van der Waals surface area contributed by atoms with Crippen molar-refractivity contribution in [3.8, 4) is 0 Å². The number of nitrogens with one attached hydrogen (secondary N) is 2. The molecule has 7 nitrogen and oxygen atoms in total. The van der Waals surface area contributed by atoms with Crippen molar-refractivity contribution in [3.05, 3.63) is 63.7 Å². The topological polar surface area (TPSA) is 87.7 Å². The first kappa shape index (κ1) is 33.1. The van der Waals surface area contributed by atoms with Crippen LogP contribution < -0.4 is 10.6 Å². The summed E-state index contributed by atoms with van der Waals surface area (Å²) in [6, 6.07) is 9.09. The van der Waals surface area contributed by atoms with Crippen LogP contribution in [-0.2, 0) is 14.3 Å². The molecule has 0 saturated heterocycles. The molecule has 0 bridgehead atoms. The van der Waals surface area contributed by atoms with E-state index < -0.39 is 23.8 Å². The molecular formula is C32H46ClN3O4. The van der Waals surface area contributed by atoms with Gasteiger partial charge in [-0.2, -0.15) is 0 Å². The zero-order chi connectivity index (χ0) is 30.4. The third-order valence-corrected chi connectivity index (χ3v) is 7.04. The zero-order valence-electron chi connectivity index (χ0n) is 25.6. The molecule has 0 saturated carbocycles. The highest BCUT2D eigenvalue weighted by Gasteiger charge is 2.38. The van der Waals surface area contributed by atoms with Crippen LogP contribution in [0, 0.1) is 26.7 Å². The van der Waals surface area contributed by atoms with E-state index in [1.54, 1.807) is 38.7 Å². The van der Waals surface area contributed by atoms with Crippen LogP contribution in [0.1, 0.15) is 89.6 Å². The van der Waals surface area contributed by atoms with Gasteiger partial charge in [0.1, 0.15) is 17.7 Å². The van der Waals surface area contributed by atoms with Crippen LogP contribution in [-0.4, -0.2) is 40.5 Å². The summed E-state index contributed by atoms with van der Waals surface area (Å²) in [5, 5.41) is 6.10. The Morgan fingerprint density at radius 1 is 0.950 bits per heavy atom. The molecule has 2 aromatic carbocycles. The molecule has 3 unspecified atom stereocenters. The molecule has 0 spiro atoms. The van der Waals surface area contributed by atoms with Crippen molar-refractivity contribution in [1.29, 1.82) is 0 Å². The lowest BCUT2D eigenvalue weighted by Crippen LogP contribution is -2.54. The predicted octanol–water partition coefficient (Wildman–Crippen LogP) is 7.51. The summed E-state index contributed by atoms with van der Waals surface area (Å²) in [7, 11) is 0. The minimum atomic E-state index is -0.965. The molecule has 3 atom stereocenters. The van der Waals surface area contributed by atoms with Gasteiger partial charge in [-0.25, -0.2) is 4.79 Å². The van der Waals surface area contributed by atoms with E-state index in [-0.39, 0.29) is 17.9 Å². The Bertz CT molecular complexity index is 1180. The standard InChI is InChI=1S/C32H46ClN3O4/c1-19(2)14-17-23(6)36(30(38)24(7)34-31(39)40-32(8,9)10)28(25-18-20(3)15-16-21(25)4)29(37)35-27-22(5)12-11-13-26(27)33/h11-13,15-16,18-19,23-24,28H,14,17H2,1-10H3,(H,34,39)(H,35,37). The van der Waals surface area contributed by atoms with Crippen molar-refractivity contribution in [1.82, 2.24) is 10.2 Å². The first-order chi connectivity index (χ1) is 18.5. The van der Waals surface area contributed by atoms with Gasteiger partial charge in [-0.15, -0.1) is 0 Å². The van der Waals surface area contributed by atoms with Crippen LogP contribution in [0.2, 0.25) is 5.02 Å². The molecule has 0 aliphatic heterocycles. The van der Waals surface area contributed by atoms with E-state index >= 15 is 0 Å². The molecule has 40 heavy (non-hydrogen) atoms. The molecule has 0 fully saturated rings. The van der Waals surface area contributed by atoms with Gasteiger partial charge < -0.3 is 20.3 Å². The molecule has 2 rings (SSSR count). The van der Waals surface area contributed by atoms with Crippen LogP contribution in [0.4, 0.5) is 10.5 Å². The molecule has 2 N–H and O–H groups in total. The van der Waals surface area contributed by atoms with E-state index in [0.717, 1.165) is 28.7 Å². The fourth-order valence-corrected chi connectivity index (χ4v) is 4.80. The second-order valence-corrected chi connectivity index (χ2v) is 12.5. The van der Waals surface area contributed by atoms with Gasteiger partial charge in [-0.05, 0) is 96.9 Å². The number of rotatable bonds is 10. The van der Waals surface area contributed by atoms with Crippen molar-refractivity contribution in [3.63, 3.8) is 0 Å². The Morgan fingerprint density at radius 3 is 2.17 bits per heavy atom. The molecule has 8 heteroatoms. The van der Waals surface area contributed by atoms with E-state index in [1.165, 1.54) is 0 Å². The number of alkyl carbamates (subject to hydrolysis) is 1. The summed E-state index contributed by atoms with van der Waals surface area (Å²) >= 11 is 6.47. The number of hydrogen-bond acceptors (Lipinski definition) is 4. The third-order valence-electron chi connectivity index (χ3n) is 6.72. The molecule has 3 amide bonds. The lowest BCUT2D eigenvalue weighted by atomic mass is 9.93. The maximum absolute atomic E-state index is 14.2. The van der Waals surface area contributed by atoms with Gasteiger partial charge in [0.15, 0.2) is 0 Å². The molecule has 2 aromatic rings. The Balaban J connectivity index is 2.63. The maximum atomic E-state index is 14.2. The number of amides is 3. The maximum Gasteiger partial charge on any atom is 0.408 e. The average molecular weight is 572 g/mol. The molecule has 0 heterocycles. The summed E-state index contributed by atoms with van der Waals surface area (Å²) < 4.78 is 5.40. The van der Waals surface area contributed by atoms with E-state index in [2.05, 4.69) is 24.5 Å². The van der Waals surface area contributed by atoms with Gasteiger partial charge in [0.05, 0.1) is 10.7 Å². The molecule has 0 aliphatic rings. The highest BCUT2D eigenvalue weighted by atomic mass is 35.5. The fourth-order valence-electron chi connectivity index (χ4n) is 4.54. The van der Waals surface area contributed by atoms with E-state index in [4.69, 9.17) is 16.3 Å². The number of carbonyl (C=O) groups excluding carboxylic acids is 3. The summed E-state index contributed by atoms with van der Waals surface area (Å²) in [6.07, 6.45) is 0.855. The van der Waals surface area contributed by atoms with Gasteiger partial charge in [-0.3, -0.25) is 9.59 Å². The smallest absolute Gasteiger partial charge is 0.408 e. The van der Waals surface area contributed by atoms with Gasteiger partial charge in [0.25, 0.3) is 5.91 Å². The van der Waals surface area contributed by atoms with E-state index in [1.807, 2.05) is 58.0 Å². The van der Waals surface area contributed by atoms with Crippen LogP contribution in [0.25, 0.3) is 0 Å². The largest absolute Gasteiger partial charge is 0.444 e. The Hall–Kier alpha value is -3.06. The molecule has 0 radical (unpaired) electrons. The second-order valence-electron chi connectivity index (χ2n) is 12.1. The fraction of sp³-hybridized carbons (Fsp3) is 0.531. The highest BCUT2D eigenvalue weighted by molar-refractivity contribution is 6.34. The minimum absolute atomic E-state index is 0.305. The lowest BCUT2D eigenvalue weighted by Gasteiger charge is -2.39. The number of aryl methyl sites for hydroxylation is 3. The van der Waals surface area contributed by atoms with Crippen molar-refractivity contribution in [2.24, 2.45) is 5.92 Å². The van der Waals surface area contributed by atoms with E-state index in [0.29, 0.717) is 23.0 Å². The summed E-state index contributed by atoms with van der Waals surface area (Å²) in [5.41, 5.74) is 3.16. The second kappa shape index (κ2) is 14.0. The number of para-hydroxylation sites is 1. The van der Waals surface area contributed by atoms with Crippen LogP contribution >= 0.6 is 11.6 Å². The quantitative estimate of drug-likeness (QED) is 0.309. The number of hydrogen-bond donors (Lipinski definition) is 2. The van der Waals surface area contributed by atoms with Gasteiger partial charge in [0.2, 0.25) is 5.91 Å². The van der Waals surface area contributed by atoms with Gasteiger partial charge in [-0.1, -0.05) is 61.3 Å². The minimum Gasteiger partial charge on any atom is -0.444 e. The molecule has 0 aromatic heterocycles. The number of halogens is 1. The lowest BCUT2D eigenvalue weighted by molar-refractivity contribution is -0.143. The van der Waals surface area contributed by atoms with E-state index in [9.17, 15) is 14.4 Å². The summed E-state index contributed by atoms with van der Waals surface area (Å²) in [6.45, 7) is 18.9. The number of anilines is 1. The average Bonchev–Trinajstić information content (AvgIpc) is 2.83. The first-order valence-electron chi connectivity index (χ1n) is 14.0. The number of ether oxygens (including phenoxy) is 1. The van der Waals surface area contributed by atoms with Gasteiger partial charge >= 0.3 is 6.09 Å². The normalized spacial score (nSPS) is 13.8. The third kappa shape index (κ3) is 9.26. The van der Waals surface area contributed by atoms with Crippen LogP contribution in [0.5, 0.6) is 0 Å². The van der Waals surface area contributed by atoms with Crippen molar-refractivity contribution >= 4 is 35.2 Å². The Morgan fingerprint density at radius 2 is 1.60 bits per heavy atom. The Kier molecular flexibility index (Phi) is 11.6. The van der Waals surface area contributed by atoms with Crippen LogP contribution in [0.15, 0.2) is 36.4 Å². The molecular weight excluding hydrogens is 526 g/mol. The van der Waals surface area contributed by atoms with Crippen LogP contribution in [0.3, 0.4) is 0 Å². The monoisotopic (exact) mass is 571 g/mol. The van der Waals surface area contributed by atoms with Crippen molar-refractivity contribution < 1.29 is 19.1 Å². The first-order valence-corrected chi connectivity index (χ1v) is 14.3. The number of benzene rings is 2. The number of nitrogens with zero attached hydrogens (tertiary/aromatic N) is 1. The summed E-state index contributed by atoms with van der Waals surface area (Å²) in [5.74, 6) is -0.339. The predicted molar refractivity (Wildman–Crippen MR) is 163 cm³/mol. The van der Waals surface area contributed by atoms with Gasteiger partial charge in [0, 0.05) is 6.04 Å². The molecule has 220 valence electrons. The van der Waals surface area contributed by atoms with Crippen molar-refractivity contribution in [2.75, 3.05) is 5.32 Å². The highest BCUT2D eigenvalue weighted by Crippen LogP contribution is 2.33. The van der Waals surface area contributed by atoms with Crippen molar-refractivity contribution in [2.45, 2.75) is 106 Å².